The van der Waals surface area contributed by atoms with Crippen LogP contribution >= 0.6 is 11.6 Å². The van der Waals surface area contributed by atoms with Gasteiger partial charge >= 0.3 is 0 Å². The van der Waals surface area contributed by atoms with Crippen molar-refractivity contribution in [3.05, 3.63) is 39.0 Å². The number of hydrogen-bond donors (Lipinski definition) is 2. The van der Waals surface area contributed by atoms with Gasteiger partial charge in [0.1, 0.15) is 5.82 Å². The SMILES string of the molecule is Cc1nc(N)nc(N)c1-c1cc([N+](=O)[O-])ccc1Cl. The first-order valence-electron chi connectivity index (χ1n) is 5.24. The molecule has 2 rings (SSSR count). The number of benzene rings is 1. The number of halogens is 1. The number of nitrogen functional groups attached to an aromatic ring is 2. The Kier molecular flexibility index (Phi) is 3.22. The van der Waals surface area contributed by atoms with Crippen LogP contribution in [0.2, 0.25) is 5.02 Å². The minimum Gasteiger partial charge on any atom is -0.383 e. The van der Waals surface area contributed by atoms with Crippen molar-refractivity contribution in [3.8, 4) is 11.1 Å². The Bertz CT molecular complexity index is 651. The Balaban J connectivity index is 2.71. The molecule has 0 saturated carbocycles. The highest BCUT2D eigenvalue weighted by atomic mass is 35.5. The maximum absolute atomic E-state index is 10.8. The van der Waals surface area contributed by atoms with Crippen molar-refractivity contribution in [1.82, 2.24) is 9.97 Å². The summed E-state index contributed by atoms with van der Waals surface area (Å²) < 4.78 is 0. The van der Waals surface area contributed by atoms with Gasteiger partial charge in [-0.15, -0.1) is 0 Å². The van der Waals surface area contributed by atoms with E-state index in [9.17, 15) is 10.1 Å². The zero-order valence-electron chi connectivity index (χ0n) is 9.92. The van der Waals surface area contributed by atoms with Crippen molar-refractivity contribution in [1.29, 1.82) is 0 Å². The summed E-state index contributed by atoms with van der Waals surface area (Å²) in [6.45, 7) is 1.68. The predicted octanol–water partition coefficient (Wildman–Crippen LogP) is 2.18. The second-order valence-electron chi connectivity index (χ2n) is 3.85. The lowest BCUT2D eigenvalue weighted by Gasteiger charge is -2.10. The molecule has 0 radical (unpaired) electrons. The molecule has 8 heteroatoms. The summed E-state index contributed by atoms with van der Waals surface area (Å²) in [5, 5.41) is 11.1. The van der Waals surface area contributed by atoms with Crippen molar-refractivity contribution in [2.75, 3.05) is 11.5 Å². The summed E-state index contributed by atoms with van der Waals surface area (Å²) in [7, 11) is 0. The lowest BCUT2D eigenvalue weighted by atomic mass is 10.0. The van der Waals surface area contributed by atoms with Gasteiger partial charge in [-0.2, -0.15) is 4.98 Å². The predicted molar refractivity (Wildman–Crippen MR) is 72.7 cm³/mol. The minimum atomic E-state index is -0.510. The molecule has 2 aromatic rings. The second kappa shape index (κ2) is 4.69. The van der Waals surface area contributed by atoms with Gasteiger partial charge in [-0.25, -0.2) is 4.98 Å². The first-order valence-corrected chi connectivity index (χ1v) is 5.62. The number of nitrogens with two attached hydrogens (primary N) is 2. The molecule has 19 heavy (non-hydrogen) atoms. The topological polar surface area (TPSA) is 121 Å². The van der Waals surface area contributed by atoms with Crippen LogP contribution in [0.15, 0.2) is 18.2 Å². The van der Waals surface area contributed by atoms with Crippen LogP contribution in [-0.2, 0) is 0 Å². The lowest BCUT2D eigenvalue weighted by Crippen LogP contribution is -2.04. The van der Waals surface area contributed by atoms with Gasteiger partial charge in [0.05, 0.1) is 10.6 Å². The summed E-state index contributed by atoms with van der Waals surface area (Å²) in [4.78, 5) is 18.1. The molecule has 0 atom stereocenters. The maximum Gasteiger partial charge on any atom is 0.270 e. The van der Waals surface area contributed by atoms with Crippen molar-refractivity contribution >= 4 is 29.1 Å². The maximum atomic E-state index is 10.8. The van der Waals surface area contributed by atoms with E-state index in [4.69, 9.17) is 23.1 Å². The number of nitro benzene ring substituents is 1. The van der Waals surface area contributed by atoms with E-state index < -0.39 is 4.92 Å². The van der Waals surface area contributed by atoms with E-state index in [1.54, 1.807) is 6.92 Å². The molecule has 0 amide bonds. The van der Waals surface area contributed by atoms with Crippen molar-refractivity contribution < 1.29 is 4.92 Å². The number of nitro groups is 1. The monoisotopic (exact) mass is 279 g/mol. The molecule has 98 valence electrons. The van der Waals surface area contributed by atoms with Crippen molar-refractivity contribution in [2.45, 2.75) is 6.92 Å². The zero-order valence-corrected chi connectivity index (χ0v) is 10.7. The van der Waals surface area contributed by atoms with Gasteiger partial charge in [-0.3, -0.25) is 10.1 Å². The van der Waals surface area contributed by atoms with Gasteiger partial charge in [0.15, 0.2) is 0 Å². The molecule has 4 N–H and O–H groups in total. The van der Waals surface area contributed by atoms with Gasteiger partial charge < -0.3 is 11.5 Å². The normalized spacial score (nSPS) is 10.4. The van der Waals surface area contributed by atoms with Crippen LogP contribution in [0.3, 0.4) is 0 Å². The first-order chi connectivity index (χ1) is 8.90. The zero-order chi connectivity index (χ0) is 14.2. The van der Waals surface area contributed by atoms with E-state index in [1.807, 2.05) is 0 Å². The summed E-state index contributed by atoms with van der Waals surface area (Å²) in [6.07, 6.45) is 0. The number of nitrogens with zero attached hydrogens (tertiary/aromatic N) is 3. The van der Waals surface area contributed by atoms with E-state index in [0.29, 0.717) is 21.8 Å². The van der Waals surface area contributed by atoms with Gasteiger partial charge in [-0.1, -0.05) is 11.6 Å². The highest BCUT2D eigenvalue weighted by molar-refractivity contribution is 6.33. The Morgan fingerprint density at radius 1 is 1.32 bits per heavy atom. The molecule has 0 bridgehead atoms. The Hall–Kier alpha value is -2.41. The van der Waals surface area contributed by atoms with E-state index in [-0.39, 0.29) is 17.5 Å². The van der Waals surface area contributed by atoms with Crippen LogP contribution in [0, 0.1) is 17.0 Å². The molecule has 0 unspecified atom stereocenters. The fourth-order valence-electron chi connectivity index (χ4n) is 1.77. The smallest absolute Gasteiger partial charge is 0.270 e. The number of aryl methyl sites for hydroxylation is 1. The van der Waals surface area contributed by atoms with Gasteiger partial charge in [-0.05, 0) is 13.0 Å². The third-order valence-electron chi connectivity index (χ3n) is 2.57. The summed E-state index contributed by atoms with van der Waals surface area (Å²) in [6, 6.07) is 4.08. The number of aromatic nitrogens is 2. The lowest BCUT2D eigenvalue weighted by molar-refractivity contribution is -0.384. The quantitative estimate of drug-likeness (QED) is 0.642. The fraction of sp³-hybridized carbons (Fsp3) is 0.0909. The van der Waals surface area contributed by atoms with E-state index in [0.717, 1.165) is 0 Å². The molecule has 1 heterocycles. The third-order valence-corrected chi connectivity index (χ3v) is 2.89. The standard InChI is InChI=1S/C11H10ClN5O2/c1-5-9(10(13)16-11(14)15-5)7-4-6(17(18)19)2-3-8(7)12/h2-4H,1H3,(H4,13,14,15,16). The Morgan fingerprint density at radius 2 is 2.00 bits per heavy atom. The number of hydrogen-bond acceptors (Lipinski definition) is 6. The van der Waals surface area contributed by atoms with Crippen molar-refractivity contribution in [2.24, 2.45) is 0 Å². The van der Waals surface area contributed by atoms with Gasteiger partial charge in [0, 0.05) is 28.3 Å². The van der Waals surface area contributed by atoms with E-state index in [2.05, 4.69) is 9.97 Å². The second-order valence-corrected chi connectivity index (χ2v) is 4.26. The minimum absolute atomic E-state index is 0.0419. The molecule has 0 aliphatic heterocycles. The average Bonchev–Trinajstić information content (AvgIpc) is 2.29. The summed E-state index contributed by atoms with van der Waals surface area (Å²) >= 11 is 6.05. The summed E-state index contributed by atoms with van der Waals surface area (Å²) in [5.41, 5.74) is 12.5. The largest absolute Gasteiger partial charge is 0.383 e. The average molecular weight is 280 g/mol. The molecule has 0 spiro atoms. The highest BCUT2D eigenvalue weighted by Crippen LogP contribution is 2.35. The van der Waals surface area contributed by atoms with Crippen LogP contribution in [0.5, 0.6) is 0 Å². The van der Waals surface area contributed by atoms with Crippen LogP contribution < -0.4 is 11.5 Å². The molecular formula is C11H10ClN5O2. The number of non-ortho nitro benzene ring substituents is 1. The molecule has 7 nitrogen and oxygen atoms in total. The van der Waals surface area contributed by atoms with Gasteiger partial charge in [0.25, 0.3) is 5.69 Å². The Labute approximate surface area is 113 Å². The molecule has 1 aromatic carbocycles. The number of rotatable bonds is 2. The Morgan fingerprint density at radius 3 is 2.58 bits per heavy atom. The third kappa shape index (κ3) is 2.41. The van der Waals surface area contributed by atoms with E-state index >= 15 is 0 Å². The van der Waals surface area contributed by atoms with Crippen LogP contribution in [0.25, 0.3) is 11.1 Å². The van der Waals surface area contributed by atoms with Crippen molar-refractivity contribution in [3.63, 3.8) is 0 Å². The highest BCUT2D eigenvalue weighted by Gasteiger charge is 2.17. The van der Waals surface area contributed by atoms with Gasteiger partial charge in [0.2, 0.25) is 5.95 Å². The molecule has 0 fully saturated rings. The van der Waals surface area contributed by atoms with Crippen LogP contribution in [-0.4, -0.2) is 14.9 Å². The van der Waals surface area contributed by atoms with Crippen LogP contribution in [0.4, 0.5) is 17.5 Å². The molecular weight excluding hydrogens is 270 g/mol. The molecule has 0 aliphatic rings. The molecule has 0 saturated heterocycles. The number of anilines is 2. The first kappa shape index (κ1) is 13.0. The van der Waals surface area contributed by atoms with Crippen LogP contribution in [0.1, 0.15) is 5.69 Å². The molecule has 1 aromatic heterocycles. The molecule has 0 aliphatic carbocycles. The fourth-order valence-corrected chi connectivity index (χ4v) is 1.98. The van der Waals surface area contributed by atoms with E-state index in [1.165, 1.54) is 18.2 Å². The summed E-state index contributed by atoms with van der Waals surface area (Å²) in [5.74, 6) is 0.174.